The molecule has 1 aromatic carbocycles. The highest BCUT2D eigenvalue weighted by Gasteiger charge is 2.02. The number of hydrogen-bond acceptors (Lipinski definition) is 4. The van der Waals surface area contributed by atoms with Crippen molar-refractivity contribution in [3.05, 3.63) is 24.3 Å². The summed E-state index contributed by atoms with van der Waals surface area (Å²) < 4.78 is 10.8. The highest BCUT2D eigenvalue weighted by atomic mass is 16.5. The van der Waals surface area contributed by atoms with Gasteiger partial charge in [-0.05, 0) is 38.8 Å². The van der Waals surface area contributed by atoms with Crippen molar-refractivity contribution < 1.29 is 14.3 Å². The van der Waals surface area contributed by atoms with Crippen LogP contribution in [0, 0.1) is 0 Å². The number of nitrogens with one attached hydrogen (secondary N) is 1. The normalized spacial score (nSPS) is 10.6. The summed E-state index contributed by atoms with van der Waals surface area (Å²) in [4.78, 5) is 11.5. The van der Waals surface area contributed by atoms with Crippen LogP contribution in [0.2, 0.25) is 0 Å². The predicted octanol–water partition coefficient (Wildman–Crippen LogP) is 1.97. The molecular formula is C15H24N2O3. The van der Waals surface area contributed by atoms with E-state index in [2.05, 4.69) is 5.32 Å². The summed E-state index contributed by atoms with van der Waals surface area (Å²) in [6.45, 7) is 5.39. The van der Waals surface area contributed by atoms with Gasteiger partial charge in [-0.2, -0.15) is 0 Å². The number of rotatable bonds is 9. The van der Waals surface area contributed by atoms with Crippen LogP contribution in [0.5, 0.6) is 5.75 Å². The molecule has 0 unspecified atom stereocenters. The number of ether oxygens (including phenoxy) is 2. The highest BCUT2D eigenvalue weighted by molar-refractivity contribution is 5.77. The van der Waals surface area contributed by atoms with Crippen LogP contribution in [0.1, 0.15) is 26.7 Å². The van der Waals surface area contributed by atoms with Crippen molar-refractivity contribution in [2.24, 2.45) is 0 Å². The minimum Gasteiger partial charge on any atom is -0.484 e. The molecule has 0 fully saturated rings. The average molecular weight is 280 g/mol. The molecule has 0 spiro atoms. The van der Waals surface area contributed by atoms with Crippen LogP contribution in [0.25, 0.3) is 0 Å². The number of nitrogen functional groups attached to an aromatic ring is 1. The van der Waals surface area contributed by atoms with Gasteiger partial charge in [-0.1, -0.05) is 6.07 Å². The summed E-state index contributed by atoms with van der Waals surface area (Å²) in [5, 5.41) is 2.80. The number of amides is 1. The van der Waals surface area contributed by atoms with Gasteiger partial charge in [0.15, 0.2) is 6.61 Å². The van der Waals surface area contributed by atoms with Crippen LogP contribution in [0.3, 0.4) is 0 Å². The second-order valence-electron chi connectivity index (χ2n) is 4.84. The van der Waals surface area contributed by atoms with Gasteiger partial charge in [-0.3, -0.25) is 4.79 Å². The summed E-state index contributed by atoms with van der Waals surface area (Å²) in [5.41, 5.74) is 6.24. The van der Waals surface area contributed by atoms with Gasteiger partial charge in [0.05, 0.1) is 6.10 Å². The number of carbonyl (C=O) groups is 1. The molecular weight excluding hydrogens is 256 g/mol. The van der Waals surface area contributed by atoms with E-state index in [4.69, 9.17) is 15.2 Å². The van der Waals surface area contributed by atoms with Crippen molar-refractivity contribution in [2.75, 3.05) is 25.5 Å². The monoisotopic (exact) mass is 280 g/mol. The third-order valence-corrected chi connectivity index (χ3v) is 2.57. The van der Waals surface area contributed by atoms with E-state index in [1.54, 1.807) is 24.3 Å². The largest absolute Gasteiger partial charge is 0.484 e. The van der Waals surface area contributed by atoms with Crippen molar-refractivity contribution >= 4 is 11.6 Å². The van der Waals surface area contributed by atoms with Crippen molar-refractivity contribution in [2.45, 2.75) is 32.8 Å². The first-order valence-corrected chi connectivity index (χ1v) is 6.94. The van der Waals surface area contributed by atoms with Crippen molar-refractivity contribution in [1.29, 1.82) is 0 Å². The van der Waals surface area contributed by atoms with E-state index in [9.17, 15) is 4.79 Å². The smallest absolute Gasteiger partial charge is 0.257 e. The average Bonchev–Trinajstić information content (AvgIpc) is 2.40. The molecule has 0 bridgehead atoms. The molecule has 112 valence electrons. The number of anilines is 1. The molecule has 1 aromatic rings. The van der Waals surface area contributed by atoms with Crippen LogP contribution in [-0.4, -0.2) is 31.8 Å². The Balaban J connectivity index is 2.06. The molecule has 1 rings (SSSR count). The predicted molar refractivity (Wildman–Crippen MR) is 79.7 cm³/mol. The Kier molecular flexibility index (Phi) is 7.50. The molecule has 0 saturated carbocycles. The first-order chi connectivity index (χ1) is 9.58. The Labute approximate surface area is 120 Å². The summed E-state index contributed by atoms with van der Waals surface area (Å²) in [7, 11) is 0. The van der Waals surface area contributed by atoms with Crippen LogP contribution in [0.15, 0.2) is 24.3 Å². The van der Waals surface area contributed by atoms with Gasteiger partial charge in [0.1, 0.15) is 5.75 Å². The second-order valence-corrected chi connectivity index (χ2v) is 4.84. The first kappa shape index (κ1) is 16.3. The maximum Gasteiger partial charge on any atom is 0.257 e. The van der Waals surface area contributed by atoms with Gasteiger partial charge in [-0.15, -0.1) is 0 Å². The topological polar surface area (TPSA) is 73.6 Å². The first-order valence-electron chi connectivity index (χ1n) is 6.94. The summed E-state index contributed by atoms with van der Waals surface area (Å²) >= 11 is 0. The minimum absolute atomic E-state index is 0.00590. The lowest BCUT2D eigenvalue weighted by Crippen LogP contribution is -2.29. The van der Waals surface area contributed by atoms with E-state index in [1.165, 1.54) is 0 Å². The number of benzene rings is 1. The fourth-order valence-electron chi connectivity index (χ4n) is 1.58. The summed E-state index contributed by atoms with van der Waals surface area (Å²) in [6.07, 6.45) is 2.10. The Morgan fingerprint density at radius 2 is 2.15 bits per heavy atom. The fourth-order valence-corrected chi connectivity index (χ4v) is 1.58. The number of unbranched alkanes of at least 4 members (excludes halogenated alkanes) is 1. The number of carbonyl (C=O) groups excluding carboxylic acids is 1. The molecule has 0 aliphatic rings. The quantitative estimate of drug-likeness (QED) is 0.536. The molecule has 5 heteroatoms. The van der Waals surface area contributed by atoms with E-state index >= 15 is 0 Å². The molecule has 3 N–H and O–H groups in total. The van der Waals surface area contributed by atoms with Crippen LogP contribution in [0.4, 0.5) is 5.69 Å². The van der Waals surface area contributed by atoms with Gasteiger partial charge >= 0.3 is 0 Å². The highest BCUT2D eigenvalue weighted by Crippen LogP contribution is 2.13. The Morgan fingerprint density at radius 1 is 1.35 bits per heavy atom. The van der Waals surface area contributed by atoms with E-state index in [0.717, 1.165) is 19.4 Å². The van der Waals surface area contributed by atoms with Crippen LogP contribution in [-0.2, 0) is 9.53 Å². The SMILES string of the molecule is CC(C)OCCCCNC(=O)COc1cccc(N)c1. The number of hydrogen-bond donors (Lipinski definition) is 2. The standard InChI is InChI=1S/C15H24N2O3/c1-12(2)19-9-4-3-8-17-15(18)11-20-14-7-5-6-13(16)10-14/h5-7,10,12H,3-4,8-9,11,16H2,1-2H3,(H,17,18). The zero-order valence-corrected chi connectivity index (χ0v) is 12.2. The van der Waals surface area contributed by atoms with Gasteiger partial charge < -0.3 is 20.5 Å². The number of nitrogens with two attached hydrogens (primary N) is 1. The van der Waals surface area contributed by atoms with E-state index in [1.807, 2.05) is 13.8 Å². The molecule has 0 atom stereocenters. The second kappa shape index (κ2) is 9.20. The lowest BCUT2D eigenvalue weighted by Gasteiger charge is -2.09. The van der Waals surface area contributed by atoms with E-state index in [-0.39, 0.29) is 18.6 Å². The van der Waals surface area contributed by atoms with Gasteiger partial charge in [-0.25, -0.2) is 0 Å². The van der Waals surface area contributed by atoms with Gasteiger partial charge in [0, 0.05) is 24.9 Å². The Hall–Kier alpha value is -1.75. The van der Waals surface area contributed by atoms with Crippen molar-refractivity contribution in [3.63, 3.8) is 0 Å². The van der Waals surface area contributed by atoms with Gasteiger partial charge in [0.25, 0.3) is 5.91 Å². The van der Waals surface area contributed by atoms with Gasteiger partial charge in [0.2, 0.25) is 0 Å². The zero-order valence-electron chi connectivity index (χ0n) is 12.2. The molecule has 0 aliphatic heterocycles. The molecule has 1 amide bonds. The Bertz CT molecular complexity index is 408. The van der Waals surface area contributed by atoms with E-state index < -0.39 is 0 Å². The van der Waals surface area contributed by atoms with Crippen molar-refractivity contribution in [3.8, 4) is 5.75 Å². The molecule has 0 aromatic heterocycles. The molecule has 20 heavy (non-hydrogen) atoms. The van der Waals surface area contributed by atoms with E-state index in [0.29, 0.717) is 18.0 Å². The molecule has 0 aliphatic carbocycles. The summed E-state index contributed by atoms with van der Waals surface area (Å²) in [6, 6.07) is 7.02. The Morgan fingerprint density at radius 3 is 2.85 bits per heavy atom. The molecule has 5 nitrogen and oxygen atoms in total. The van der Waals surface area contributed by atoms with Crippen LogP contribution < -0.4 is 15.8 Å². The molecule has 0 heterocycles. The molecule has 0 radical (unpaired) electrons. The third-order valence-electron chi connectivity index (χ3n) is 2.57. The lowest BCUT2D eigenvalue weighted by molar-refractivity contribution is -0.123. The minimum atomic E-state index is -0.128. The summed E-state index contributed by atoms with van der Waals surface area (Å²) in [5.74, 6) is 0.475. The van der Waals surface area contributed by atoms with Crippen molar-refractivity contribution in [1.82, 2.24) is 5.32 Å². The fraction of sp³-hybridized carbons (Fsp3) is 0.533. The molecule has 0 saturated heterocycles. The zero-order chi connectivity index (χ0) is 14.8. The third kappa shape index (κ3) is 7.63. The maximum absolute atomic E-state index is 11.5. The maximum atomic E-state index is 11.5. The van der Waals surface area contributed by atoms with Crippen LogP contribution >= 0.6 is 0 Å². The lowest BCUT2D eigenvalue weighted by atomic mass is 10.3.